The number of nitrogens with zero attached hydrogens (tertiary/aromatic N) is 3. The molecular formula is C21H24N4O2S. The van der Waals surface area contributed by atoms with Gasteiger partial charge in [-0.25, -0.2) is 4.98 Å². The van der Waals surface area contributed by atoms with Crippen LogP contribution in [-0.4, -0.2) is 39.4 Å². The number of aryl methyl sites for hydroxylation is 2. The number of hydrogen-bond donors (Lipinski definition) is 1. The predicted molar refractivity (Wildman–Crippen MR) is 111 cm³/mol. The Hall–Kier alpha value is -2.67. The number of benzene rings is 1. The molecule has 2 aromatic heterocycles. The van der Waals surface area contributed by atoms with Gasteiger partial charge in [-0.15, -0.1) is 11.3 Å². The Morgan fingerprint density at radius 3 is 2.71 bits per heavy atom. The van der Waals surface area contributed by atoms with Gasteiger partial charge in [0, 0.05) is 48.5 Å². The molecule has 1 N–H and O–H groups in total. The average molecular weight is 397 g/mol. The van der Waals surface area contributed by atoms with E-state index in [9.17, 15) is 9.59 Å². The van der Waals surface area contributed by atoms with Crippen LogP contribution >= 0.6 is 11.3 Å². The van der Waals surface area contributed by atoms with Gasteiger partial charge < -0.3 is 14.8 Å². The maximum Gasteiger partial charge on any atom is 0.229 e. The van der Waals surface area contributed by atoms with E-state index in [4.69, 9.17) is 0 Å². The quantitative estimate of drug-likeness (QED) is 0.735. The van der Waals surface area contributed by atoms with Gasteiger partial charge in [-0.05, 0) is 31.4 Å². The van der Waals surface area contributed by atoms with Crippen LogP contribution in [0, 0.1) is 12.8 Å². The van der Waals surface area contributed by atoms with E-state index in [-0.39, 0.29) is 17.7 Å². The smallest absolute Gasteiger partial charge is 0.229 e. The molecule has 6 nitrogen and oxygen atoms in total. The first-order valence-electron chi connectivity index (χ1n) is 9.55. The first-order valence-corrected chi connectivity index (χ1v) is 10.4. The first-order chi connectivity index (χ1) is 13.5. The zero-order valence-corrected chi connectivity index (χ0v) is 17.0. The zero-order valence-electron chi connectivity index (χ0n) is 16.1. The number of piperidine rings is 1. The van der Waals surface area contributed by atoms with E-state index in [0.717, 1.165) is 22.2 Å². The van der Waals surface area contributed by atoms with E-state index in [1.165, 1.54) is 11.3 Å². The van der Waals surface area contributed by atoms with Gasteiger partial charge in [-0.3, -0.25) is 9.59 Å². The Morgan fingerprint density at radius 2 is 2.00 bits per heavy atom. The van der Waals surface area contributed by atoms with E-state index in [1.54, 1.807) is 0 Å². The first kappa shape index (κ1) is 18.7. The number of nitrogens with one attached hydrogen (secondary N) is 1. The maximum atomic E-state index is 12.8. The molecule has 0 bridgehead atoms. The summed E-state index contributed by atoms with van der Waals surface area (Å²) in [6, 6.07) is 8.15. The normalized spacial score (nSPS) is 15.1. The molecule has 1 saturated heterocycles. The second kappa shape index (κ2) is 7.75. The Labute approximate surface area is 168 Å². The largest absolute Gasteiger partial charge is 0.350 e. The lowest BCUT2D eigenvalue weighted by Gasteiger charge is -2.31. The maximum absolute atomic E-state index is 12.8. The van der Waals surface area contributed by atoms with Crippen molar-refractivity contribution in [1.29, 1.82) is 0 Å². The number of carbonyl (C=O) groups is 2. The van der Waals surface area contributed by atoms with Crippen molar-refractivity contribution in [3.8, 4) is 0 Å². The van der Waals surface area contributed by atoms with Gasteiger partial charge in [0.1, 0.15) is 0 Å². The molecule has 1 fully saturated rings. The summed E-state index contributed by atoms with van der Waals surface area (Å²) in [6.07, 6.45) is 3.82. The molecular weight excluding hydrogens is 372 g/mol. The van der Waals surface area contributed by atoms with Crippen molar-refractivity contribution in [2.75, 3.05) is 18.4 Å². The Bertz CT molecular complexity index is 1010. The molecule has 0 atom stereocenters. The lowest BCUT2D eigenvalue weighted by atomic mass is 9.95. The fraction of sp³-hybridized carbons (Fsp3) is 0.381. The number of carbonyl (C=O) groups excluding carboxylic acids is 2. The molecule has 28 heavy (non-hydrogen) atoms. The summed E-state index contributed by atoms with van der Waals surface area (Å²) in [5.41, 5.74) is 3.11. The van der Waals surface area contributed by atoms with E-state index in [1.807, 2.05) is 42.6 Å². The molecule has 0 radical (unpaired) electrons. The third-order valence-corrected chi connectivity index (χ3v) is 6.26. The van der Waals surface area contributed by atoms with Crippen LogP contribution < -0.4 is 5.32 Å². The molecule has 0 spiro atoms. The van der Waals surface area contributed by atoms with Crippen molar-refractivity contribution in [2.24, 2.45) is 13.0 Å². The van der Waals surface area contributed by atoms with Crippen LogP contribution in [0.25, 0.3) is 10.9 Å². The van der Waals surface area contributed by atoms with Crippen LogP contribution in [0.3, 0.4) is 0 Å². The number of likely N-dealkylation sites (tertiary alicyclic amines) is 1. The van der Waals surface area contributed by atoms with Crippen LogP contribution in [-0.2, 0) is 23.1 Å². The lowest BCUT2D eigenvalue weighted by Crippen LogP contribution is -2.42. The van der Waals surface area contributed by atoms with Gasteiger partial charge in [-0.1, -0.05) is 18.2 Å². The molecule has 0 saturated carbocycles. The SMILES string of the molecule is Cc1csc(NC(=O)C2CCN(C(=O)Cc3cn(C)c4ccccc34)CC2)n1. The molecule has 3 heterocycles. The van der Waals surface area contributed by atoms with Crippen molar-refractivity contribution in [2.45, 2.75) is 26.2 Å². The van der Waals surface area contributed by atoms with Gasteiger partial charge in [0.2, 0.25) is 11.8 Å². The standard InChI is InChI=1S/C21H24N4O2S/c1-14-13-28-21(22-14)23-20(27)15-7-9-25(10-8-15)19(26)11-16-12-24(2)18-6-4-3-5-17(16)18/h3-6,12-13,15H,7-11H2,1-2H3,(H,22,23,27). The number of para-hydroxylation sites is 1. The minimum atomic E-state index is -0.0641. The predicted octanol–water partition coefficient (Wildman–Crippen LogP) is 3.36. The van der Waals surface area contributed by atoms with Crippen molar-refractivity contribution in [1.82, 2.24) is 14.5 Å². The van der Waals surface area contributed by atoms with Crippen LogP contribution in [0.4, 0.5) is 5.13 Å². The molecule has 7 heteroatoms. The summed E-state index contributed by atoms with van der Waals surface area (Å²) >= 11 is 1.44. The monoisotopic (exact) mass is 396 g/mol. The summed E-state index contributed by atoms with van der Waals surface area (Å²) in [4.78, 5) is 31.4. The van der Waals surface area contributed by atoms with E-state index >= 15 is 0 Å². The van der Waals surface area contributed by atoms with Gasteiger partial charge in [-0.2, -0.15) is 0 Å². The summed E-state index contributed by atoms with van der Waals surface area (Å²) in [6.45, 7) is 3.16. The van der Waals surface area contributed by atoms with Gasteiger partial charge in [0.15, 0.2) is 5.13 Å². The van der Waals surface area contributed by atoms with Gasteiger partial charge in [0.05, 0.1) is 12.1 Å². The highest BCUT2D eigenvalue weighted by Gasteiger charge is 2.28. The number of thiazole rings is 1. The van der Waals surface area contributed by atoms with Crippen molar-refractivity contribution in [3.63, 3.8) is 0 Å². The number of rotatable bonds is 4. The molecule has 0 unspecified atom stereocenters. The number of anilines is 1. The second-order valence-electron chi connectivity index (χ2n) is 7.40. The van der Waals surface area contributed by atoms with Crippen molar-refractivity contribution < 1.29 is 9.59 Å². The highest BCUT2D eigenvalue weighted by Crippen LogP contribution is 2.24. The van der Waals surface area contributed by atoms with Gasteiger partial charge in [0.25, 0.3) is 0 Å². The molecule has 4 rings (SSSR count). The Morgan fingerprint density at radius 1 is 1.25 bits per heavy atom. The van der Waals surface area contributed by atoms with Crippen LogP contribution in [0.5, 0.6) is 0 Å². The van der Waals surface area contributed by atoms with Crippen LogP contribution in [0.1, 0.15) is 24.1 Å². The molecule has 3 aromatic rings. The molecule has 1 aliphatic heterocycles. The van der Waals surface area contributed by atoms with Crippen LogP contribution in [0.15, 0.2) is 35.8 Å². The molecule has 0 aliphatic carbocycles. The minimum Gasteiger partial charge on any atom is -0.350 e. The second-order valence-corrected chi connectivity index (χ2v) is 8.26. The summed E-state index contributed by atoms with van der Waals surface area (Å²) < 4.78 is 2.06. The lowest BCUT2D eigenvalue weighted by molar-refractivity contribution is -0.133. The Kier molecular flexibility index (Phi) is 5.17. The number of aromatic nitrogens is 2. The zero-order chi connectivity index (χ0) is 19.7. The highest BCUT2D eigenvalue weighted by molar-refractivity contribution is 7.13. The molecule has 1 aliphatic rings. The topological polar surface area (TPSA) is 67.2 Å². The third kappa shape index (κ3) is 3.80. The minimum absolute atomic E-state index is 0.00972. The fourth-order valence-corrected chi connectivity index (χ4v) is 4.54. The van der Waals surface area contributed by atoms with E-state index in [2.05, 4.69) is 27.0 Å². The molecule has 2 amide bonds. The highest BCUT2D eigenvalue weighted by atomic mass is 32.1. The number of amides is 2. The molecule has 1 aromatic carbocycles. The number of fused-ring (bicyclic) bond motifs is 1. The third-order valence-electron chi connectivity index (χ3n) is 5.39. The summed E-state index contributed by atoms with van der Waals surface area (Å²) in [5.74, 6) is 0.0760. The van der Waals surface area contributed by atoms with Crippen molar-refractivity contribution >= 4 is 39.2 Å². The van der Waals surface area contributed by atoms with Crippen molar-refractivity contribution in [3.05, 3.63) is 47.1 Å². The molecule has 146 valence electrons. The fourth-order valence-electron chi connectivity index (χ4n) is 3.85. The summed E-state index contributed by atoms with van der Waals surface area (Å²) in [7, 11) is 2.00. The van der Waals surface area contributed by atoms with E-state index in [0.29, 0.717) is 37.5 Å². The average Bonchev–Trinajstić information content (AvgIpc) is 3.25. The van der Waals surface area contributed by atoms with E-state index < -0.39 is 0 Å². The van der Waals surface area contributed by atoms with Crippen LogP contribution in [0.2, 0.25) is 0 Å². The van der Waals surface area contributed by atoms with Gasteiger partial charge >= 0.3 is 0 Å². The summed E-state index contributed by atoms with van der Waals surface area (Å²) in [5, 5.41) is 6.60. The number of hydrogen-bond acceptors (Lipinski definition) is 4. The Balaban J connectivity index is 1.34.